The molecule has 0 amide bonds. The van der Waals surface area contributed by atoms with Crippen LogP contribution in [0.25, 0.3) is 0 Å². The highest BCUT2D eigenvalue weighted by Gasteiger charge is 2.32. The smallest absolute Gasteiger partial charge is 0.0337 e. The summed E-state index contributed by atoms with van der Waals surface area (Å²) in [5, 5.41) is 0. The molecule has 98 valence electrons. The molecule has 0 aliphatic heterocycles. The normalized spacial score (nSPS) is 18.9. The molecule has 16 heavy (non-hydrogen) atoms. The Kier molecular flexibility index (Phi) is 6.32. The van der Waals surface area contributed by atoms with Gasteiger partial charge in [-0.3, -0.25) is 0 Å². The largest absolute Gasteiger partial charge is 0.0720 e. The fourth-order valence-corrected chi connectivity index (χ4v) is 4.16. The van der Waals surface area contributed by atoms with Crippen LogP contribution in [-0.4, -0.2) is 8.80 Å². The Labute approximate surface area is 106 Å². The average molecular weight is 243 g/mol. The van der Waals surface area contributed by atoms with E-state index in [0.29, 0.717) is 5.41 Å². The molecule has 0 aliphatic rings. The second kappa shape index (κ2) is 6.23. The van der Waals surface area contributed by atoms with E-state index in [2.05, 4.69) is 61.6 Å². The SMILES string of the molecule is CC(C)C(C)CC(C(C)[SiH](C)C)C(C)(C)C. The van der Waals surface area contributed by atoms with Gasteiger partial charge in [0.25, 0.3) is 0 Å². The zero-order valence-electron chi connectivity index (χ0n) is 13.1. The van der Waals surface area contributed by atoms with Crippen LogP contribution in [0.1, 0.15) is 54.9 Å². The molecule has 3 atom stereocenters. The first kappa shape index (κ1) is 16.2. The van der Waals surface area contributed by atoms with Crippen molar-refractivity contribution >= 4 is 8.80 Å². The molecule has 3 unspecified atom stereocenters. The number of hydrogen-bond donors (Lipinski definition) is 0. The third-order valence-electron chi connectivity index (χ3n) is 4.56. The molecule has 0 aliphatic carbocycles. The molecular formula is C15H34Si. The number of rotatable bonds is 5. The third kappa shape index (κ3) is 5.03. The molecule has 0 aromatic carbocycles. The first-order valence-corrected chi connectivity index (χ1v) is 10.0. The van der Waals surface area contributed by atoms with Gasteiger partial charge in [-0.25, -0.2) is 0 Å². The zero-order chi connectivity index (χ0) is 13.1. The van der Waals surface area contributed by atoms with Crippen LogP contribution in [0.15, 0.2) is 0 Å². The zero-order valence-corrected chi connectivity index (χ0v) is 14.2. The van der Waals surface area contributed by atoms with Gasteiger partial charge in [-0.2, -0.15) is 0 Å². The molecule has 0 N–H and O–H groups in total. The predicted molar refractivity (Wildman–Crippen MR) is 79.9 cm³/mol. The highest BCUT2D eigenvalue weighted by molar-refractivity contribution is 6.57. The van der Waals surface area contributed by atoms with E-state index < -0.39 is 8.80 Å². The van der Waals surface area contributed by atoms with Crippen molar-refractivity contribution in [3.05, 3.63) is 0 Å². The lowest BCUT2D eigenvalue weighted by Gasteiger charge is -2.39. The van der Waals surface area contributed by atoms with E-state index in [4.69, 9.17) is 0 Å². The number of hydrogen-bond acceptors (Lipinski definition) is 0. The summed E-state index contributed by atoms with van der Waals surface area (Å²) in [5.41, 5.74) is 1.43. The van der Waals surface area contributed by atoms with E-state index in [0.717, 1.165) is 23.3 Å². The molecule has 0 saturated carbocycles. The lowest BCUT2D eigenvalue weighted by atomic mass is 9.72. The standard InChI is InChI=1S/C15H34Si/c1-11(2)12(3)10-14(15(5,6)7)13(4)16(8)9/h11-14,16H,10H2,1-9H3. The Morgan fingerprint density at radius 1 is 0.938 bits per heavy atom. The molecule has 0 aromatic rings. The van der Waals surface area contributed by atoms with Crippen molar-refractivity contribution in [2.75, 3.05) is 0 Å². The van der Waals surface area contributed by atoms with Crippen molar-refractivity contribution in [1.82, 2.24) is 0 Å². The molecule has 0 fully saturated rings. The van der Waals surface area contributed by atoms with Crippen LogP contribution in [0.3, 0.4) is 0 Å². The summed E-state index contributed by atoms with van der Waals surface area (Å²) < 4.78 is 0. The topological polar surface area (TPSA) is 0 Å². The Hall–Kier alpha value is 0.217. The third-order valence-corrected chi connectivity index (χ3v) is 7.13. The van der Waals surface area contributed by atoms with Gasteiger partial charge in [-0.1, -0.05) is 61.6 Å². The van der Waals surface area contributed by atoms with Crippen molar-refractivity contribution in [2.45, 2.75) is 73.5 Å². The quantitative estimate of drug-likeness (QED) is 0.581. The van der Waals surface area contributed by atoms with Crippen molar-refractivity contribution in [2.24, 2.45) is 23.2 Å². The lowest BCUT2D eigenvalue weighted by Crippen LogP contribution is -2.31. The van der Waals surface area contributed by atoms with Crippen molar-refractivity contribution in [3.8, 4) is 0 Å². The van der Waals surface area contributed by atoms with Crippen LogP contribution < -0.4 is 0 Å². The predicted octanol–water partition coefficient (Wildman–Crippen LogP) is 5.21. The van der Waals surface area contributed by atoms with Crippen LogP contribution in [0.4, 0.5) is 0 Å². The Morgan fingerprint density at radius 2 is 1.38 bits per heavy atom. The fourth-order valence-electron chi connectivity index (χ4n) is 2.49. The monoisotopic (exact) mass is 242 g/mol. The Morgan fingerprint density at radius 3 is 1.62 bits per heavy atom. The maximum Gasteiger partial charge on any atom is 0.0337 e. The van der Waals surface area contributed by atoms with E-state index in [9.17, 15) is 0 Å². The van der Waals surface area contributed by atoms with Gasteiger partial charge in [0, 0.05) is 8.80 Å². The van der Waals surface area contributed by atoms with Gasteiger partial charge in [-0.15, -0.1) is 0 Å². The van der Waals surface area contributed by atoms with Crippen LogP contribution >= 0.6 is 0 Å². The van der Waals surface area contributed by atoms with Gasteiger partial charge in [-0.05, 0) is 35.1 Å². The molecule has 0 rings (SSSR count). The highest BCUT2D eigenvalue weighted by Crippen LogP contribution is 2.42. The summed E-state index contributed by atoms with van der Waals surface area (Å²) in [4.78, 5) is 0. The van der Waals surface area contributed by atoms with Crippen molar-refractivity contribution in [1.29, 1.82) is 0 Å². The lowest BCUT2D eigenvalue weighted by molar-refractivity contribution is 0.175. The molecular weight excluding hydrogens is 208 g/mol. The minimum atomic E-state index is -0.513. The van der Waals surface area contributed by atoms with Gasteiger partial charge < -0.3 is 0 Å². The highest BCUT2D eigenvalue weighted by atomic mass is 28.3. The summed E-state index contributed by atoms with van der Waals surface area (Å²) >= 11 is 0. The first-order valence-electron chi connectivity index (χ1n) is 7.07. The van der Waals surface area contributed by atoms with Gasteiger partial charge in [0.2, 0.25) is 0 Å². The minimum absolute atomic E-state index is 0.472. The molecule has 0 spiro atoms. The van der Waals surface area contributed by atoms with Crippen molar-refractivity contribution in [3.63, 3.8) is 0 Å². The summed E-state index contributed by atoms with van der Waals surface area (Å²) in [6.45, 7) is 21.9. The molecule has 1 heteroatoms. The van der Waals surface area contributed by atoms with E-state index in [-0.39, 0.29) is 0 Å². The Bertz CT molecular complexity index is 188. The van der Waals surface area contributed by atoms with E-state index in [1.165, 1.54) is 6.42 Å². The second-order valence-corrected chi connectivity index (χ2v) is 11.1. The van der Waals surface area contributed by atoms with Gasteiger partial charge >= 0.3 is 0 Å². The summed E-state index contributed by atoms with van der Waals surface area (Å²) in [5.74, 6) is 2.59. The Balaban J connectivity index is 4.70. The minimum Gasteiger partial charge on any atom is -0.0720 e. The van der Waals surface area contributed by atoms with Gasteiger partial charge in [0.05, 0.1) is 0 Å². The maximum atomic E-state index is 2.50. The second-order valence-electron chi connectivity index (χ2n) is 7.53. The fraction of sp³-hybridized carbons (Fsp3) is 1.00. The summed E-state index contributed by atoms with van der Waals surface area (Å²) in [6.07, 6.45) is 1.41. The van der Waals surface area contributed by atoms with Crippen LogP contribution in [0, 0.1) is 23.2 Å². The van der Waals surface area contributed by atoms with E-state index >= 15 is 0 Å². The van der Waals surface area contributed by atoms with E-state index in [1.807, 2.05) is 0 Å². The van der Waals surface area contributed by atoms with Gasteiger partial charge in [0.15, 0.2) is 0 Å². The summed E-state index contributed by atoms with van der Waals surface area (Å²) in [7, 11) is -0.513. The molecule has 0 aromatic heterocycles. The molecule has 0 nitrogen and oxygen atoms in total. The molecule has 0 saturated heterocycles. The van der Waals surface area contributed by atoms with E-state index in [1.54, 1.807) is 0 Å². The molecule has 0 radical (unpaired) electrons. The van der Waals surface area contributed by atoms with Crippen molar-refractivity contribution < 1.29 is 0 Å². The average Bonchev–Trinajstić information content (AvgIpc) is 2.10. The summed E-state index contributed by atoms with van der Waals surface area (Å²) in [6, 6.07) is 0. The van der Waals surface area contributed by atoms with Crippen LogP contribution in [0.5, 0.6) is 0 Å². The van der Waals surface area contributed by atoms with Crippen LogP contribution in [-0.2, 0) is 0 Å². The van der Waals surface area contributed by atoms with Gasteiger partial charge in [0.1, 0.15) is 0 Å². The maximum absolute atomic E-state index is 2.50. The molecule has 0 heterocycles. The molecule has 0 bridgehead atoms. The first-order chi connectivity index (χ1) is 7.07. The van der Waals surface area contributed by atoms with Crippen LogP contribution in [0.2, 0.25) is 18.6 Å².